The monoisotopic (exact) mass is 292 g/mol. The zero-order chi connectivity index (χ0) is 15.4. The largest absolute Gasteiger partial charge is 0.465 e. The summed E-state index contributed by atoms with van der Waals surface area (Å²) >= 11 is 0. The van der Waals surface area contributed by atoms with Gasteiger partial charge in [-0.3, -0.25) is 4.57 Å². The predicted octanol–water partition coefficient (Wildman–Crippen LogP) is 1.72. The molecule has 0 unspecified atom stereocenters. The Morgan fingerprint density at radius 1 is 1.33 bits per heavy atom. The van der Waals surface area contributed by atoms with Crippen LogP contribution in [0.4, 0.5) is 0 Å². The summed E-state index contributed by atoms with van der Waals surface area (Å²) in [5.74, 6) is -0.852. The number of esters is 1. The van der Waals surface area contributed by atoms with Crippen molar-refractivity contribution >= 4 is 17.1 Å². The number of methoxy groups -OCH3 is 1. The van der Waals surface area contributed by atoms with Gasteiger partial charge in [0, 0.05) is 13.1 Å². The summed E-state index contributed by atoms with van der Waals surface area (Å²) in [5.41, 5.74) is 1.47. The average molecular weight is 292 g/mol. The number of ether oxygens (including phenoxy) is 1. The van der Waals surface area contributed by atoms with Crippen molar-refractivity contribution in [2.75, 3.05) is 26.7 Å². The summed E-state index contributed by atoms with van der Waals surface area (Å²) in [4.78, 5) is 25.7. The Morgan fingerprint density at radius 2 is 2.05 bits per heavy atom. The Kier molecular flexibility index (Phi) is 4.80. The summed E-state index contributed by atoms with van der Waals surface area (Å²) in [6.45, 7) is 7.39. The van der Waals surface area contributed by atoms with Crippen molar-refractivity contribution in [1.29, 1.82) is 0 Å². The van der Waals surface area contributed by atoms with Gasteiger partial charge in [0.2, 0.25) is 0 Å². The van der Waals surface area contributed by atoms with E-state index in [0.29, 0.717) is 23.2 Å². The SMILES string of the molecule is CCN(CC)CCn1c(=O)oc2cc(C(=O)OC)ccc21. The highest BCUT2D eigenvalue weighted by Crippen LogP contribution is 2.16. The van der Waals surface area contributed by atoms with Crippen LogP contribution in [0.3, 0.4) is 0 Å². The van der Waals surface area contributed by atoms with Gasteiger partial charge in [-0.1, -0.05) is 13.8 Å². The summed E-state index contributed by atoms with van der Waals surface area (Å²) in [6.07, 6.45) is 0. The number of hydrogen-bond donors (Lipinski definition) is 0. The van der Waals surface area contributed by atoms with Crippen LogP contribution in [0.1, 0.15) is 24.2 Å². The van der Waals surface area contributed by atoms with Gasteiger partial charge in [0.15, 0.2) is 5.58 Å². The fourth-order valence-corrected chi connectivity index (χ4v) is 2.30. The molecule has 1 aromatic heterocycles. The minimum Gasteiger partial charge on any atom is -0.465 e. The predicted molar refractivity (Wildman–Crippen MR) is 79.6 cm³/mol. The number of fused-ring (bicyclic) bond motifs is 1. The Morgan fingerprint density at radius 3 is 2.67 bits per heavy atom. The Hall–Kier alpha value is -2.08. The van der Waals surface area contributed by atoms with Gasteiger partial charge in [-0.15, -0.1) is 0 Å². The smallest absolute Gasteiger partial charge is 0.419 e. The molecule has 0 aliphatic carbocycles. The number of oxazole rings is 1. The highest BCUT2D eigenvalue weighted by Gasteiger charge is 2.13. The number of benzene rings is 1. The Labute approximate surface area is 122 Å². The van der Waals surface area contributed by atoms with Gasteiger partial charge in [0.1, 0.15) is 0 Å². The maximum atomic E-state index is 11.9. The van der Waals surface area contributed by atoms with Crippen LogP contribution in [0.25, 0.3) is 11.1 Å². The van der Waals surface area contributed by atoms with E-state index in [9.17, 15) is 9.59 Å². The molecule has 114 valence electrons. The van der Waals surface area contributed by atoms with E-state index in [4.69, 9.17) is 4.42 Å². The lowest BCUT2D eigenvalue weighted by Crippen LogP contribution is -2.29. The van der Waals surface area contributed by atoms with Gasteiger partial charge >= 0.3 is 11.7 Å². The van der Waals surface area contributed by atoms with Crippen LogP contribution in [-0.4, -0.2) is 42.2 Å². The first-order valence-corrected chi connectivity index (χ1v) is 7.04. The molecule has 0 N–H and O–H groups in total. The van der Waals surface area contributed by atoms with Gasteiger partial charge in [-0.2, -0.15) is 0 Å². The highest BCUT2D eigenvalue weighted by molar-refractivity contribution is 5.93. The first-order chi connectivity index (χ1) is 10.1. The fraction of sp³-hybridized carbons (Fsp3) is 0.467. The first-order valence-electron chi connectivity index (χ1n) is 7.04. The number of likely N-dealkylation sites (N-methyl/N-ethyl adjacent to an activating group) is 1. The van der Waals surface area contributed by atoms with Crippen LogP contribution in [0.2, 0.25) is 0 Å². The molecule has 0 aliphatic rings. The highest BCUT2D eigenvalue weighted by atomic mass is 16.5. The summed E-state index contributed by atoms with van der Waals surface area (Å²) < 4.78 is 11.5. The van der Waals surface area contributed by atoms with Crippen LogP contribution in [0, 0.1) is 0 Å². The quantitative estimate of drug-likeness (QED) is 0.759. The minimum absolute atomic E-state index is 0.370. The van der Waals surface area contributed by atoms with E-state index in [0.717, 1.165) is 19.6 Å². The normalized spacial score (nSPS) is 11.2. The van der Waals surface area contributed by atoms with Crippen LogP contribution in [-0.2, 0) is 11.3 Å². The standard InChI is InChI=1S/C15H20N2O4/c1-4-16(5-2)8-9-17-12-7-6-11(14(18)20-3)10-13(12)21-15(17)19/h6-7,10H,4-5,8-9H2,1-3H3. The molecule has 2 rings (SSSR count). The number of hydrogen-bond acceptors (Lipinski definition) is 5. The lowest BCUT2D eigenvalue weighted by molar-refractivity contribution is 0.0601. The Balaban J connectivity index is 2.31. The molecule has 0 atom stereocenters. The van der Waals surface area contributed by atoms with E-state index in [2.05, 4.69) is 23.5 Å². The molecular weight excluding hydrogens is 272 g/mol. The lowest BCUT2D eigenvalue weighted by atomic mass is 10.2. The van der Waals surface area contributed by atoms with Gasteiger partial charge in [-0.25, -0.2) is 9.59 Å². The number of carbonyl (C=O) groups excluding carboxylic acids is 1. The maximum Gasteiger partial charge on any atom is 0.419 e. The van der Waals surface area contributed by atoms with Crippen molar-refractivity contribution in [3.05, 3.63) is 34.3 Å². The zero-order valence-electron chi connectivity index (χ0n) is 12.6. The summed E-state index contributed by atoms with van der Waals surface area (Å²) in [5, 5.41) is 0. The number of nitrogens with zero attached hydrogens (tertiary/aromatic N) is 2. The molecule has 1 aromatic carbocycles. The molecule has 2 aromatic rings. The molecule has 1 heterocycles. The maximum absolute atomic E-state index is 11.9. The van der Waals surface area contributed by atoms with Crippen LogP contribution in [0.5, 0.6) is 0 Å². The molecule has 0 bridgehead atoms. The lowest BCUT2D eigenvalue weighted by Gasteiger charge is -2.17. The topological polar surface area (TPSA) is 64.7 Å². The average Bonchev–Trinajstić information content (AvgIpc) is 2.82. The molecule has 0 saturated heterocycles. The van der Waals surface area contributed by atoms with E-state index < -0.39 is 11.7 Å². The van der Waals surface area contributed by atoms with Gasteiger partial charge in [0.25, 0.3) is 0 Å². The molecule has 0 spiro atoms. The third kappa shape index (κ3) is 3.16. The van der Waals surface area contributed by atoms with Crippen molar-refractivity contribution in [1.82, 2.24) is 9.47 Å². The first kappa shape index (κ1) is 15.3. The van der Waals surface area contributed by atoms with Crippen molar-refractivity contribution in [3.8, 4) is 0 Å². The molecule has 0 saturated carbocycles. The summed E-state index contributed by atoms with van der Waals surface area (Å²) in [7, 11) is 1.32. The third-order valence-electron chi connectivity index (χ3n) is 3.62. The van der Waals surface area contributed by atoms with E-state index in [-0.39, 0.29) is 0 Å². The van der Waals surface area contributed by atoms with Crippen LogP contribution in [0.15, 0.2) is 27.4 Å². The molecular formula is C15H20N2O4. The molecule has 21 heavy (non-hydrogen) atoms. The second-order valence-electron chi connectivity index (χ2n) is 4.72. The molecule has 0 fully saturated rings. The third-order valence-corrected chi connectivity index (χ3v) is 3.62. The number of carbonyl (C=O) groups is 1. The second kappa shape index (κ2) is 6.58. The summed E-state index contributed by atoms with van der Waals surface area (Å²) in [6, 6.07) is 4.89. The fourth-order valence-electron chi connectivity index (χ4n) is 2.30. The van der Waals surface area contributed by atoms with E-state index >= 15 is 0 Å². The van der Waals surface area contributed by atoms with Gasteiger partial charge in [0.05, 0.1) is 18.2 Å². The van der Waals surface area contributed by atoms with Crippen molar-refractivity contribution < 1.29 is 13.9 Å². The van der Waals surface area contributed by atoms with Gasteiger partial charge < -0.3 is 14.1 Å². The number of aromatic nitrogens is 1. The zero-order valence-corrected chi connectivity index (χ0v) is 12.6. The van der Waals surface area contributed by atoms with Crippen molar-refractivity contribution in [2.24, 2.45) is 0 Å². The van der Waals surface area contributed by atoms with Crippen molar-refractivity contribution in [2.45, 2.75) is 20.4 Å². The molecule has 0 amide bonds. The molecule has 6 nitrogen and oxygen atoms in total. The van der Waals surface area contributed by atoms with Crippen LogP contribution >= 0.6 is 0 Å². The Bertz CT molecular complexity index is 683. The minimum atomic E-state index is -0.449. The van der Waals surface area contributed by atoms with E-state index in [1.165, 1.54) is 13.2 Å². The number of rotatable bonds is 6. The van der Waals surface area contributed by atoms with Crippen molar-refractivity contribution in [3.63, 3.8) is 0 Å². The van der Waals surface area contributed by atoms with Gasteiger partial charge in [-0.05, 0) is 31.3 Å². The second-order valence-corrected chi connectivity index (χ2v) is 4.72. The molecule has 6 heteroatoms. The van der Waals surface area contributed by atoms with Crippen LogP contribution < -0.4 is 5.76 Å². The molecule has 0 aliphatic heterocycles. The van der Waals surface area contributed by atoms with E-state index in [1.807, 2.05) is 0 Å². The molecule has 0 radical (unpaired) electrons. The van der Waals surface area contributed by atoms with E-state index in [1.54, 1.807) is 16.7 Å².